The van der Waals surface area contributed by atoms with E-state index in [-0.39, 0.29) is 10.5 Å². The van der Waals surface area contributed by atoms with Crippen LogP contribution in [0, 0.1) is 18.6 Å². The third-order valence-corrected chi connectivity index (χ3v) is 4.82. The fourth-order valence-corrected chi connectivity index (χ4v) is 3.31. The lowest BCUT2D eigenvalue weighted by Gasteiger charge is -2.13. The fraction of sp³-hybridized carbons (Fsp3) is 0.200. The Morgan fingerprint density at radius 2 is 1.75 bits per heavy atom. The van der Waals surface area contributed by atoms with Crippen molar-refractivity contribution >= 4 is 10.0 Å². The van der Waals surface area contributed by atoms with Crippen LogP contribution in [-0.4, -0.2) is 8.42 Å². The molecule has 0 fully saturated rings. The van der Waals surface area contributed by atoms with E-state index in [1.54, 1.807) is 0 Å². The zero-order valence-corrected chi connectivity index (χ0v) is 13.1. The van der Waals surface area contributed by atoms with Crippen molar-refractivity contribution in [2.24, 2.45) is 0 Å². The van der Waals surface area contributed by atoms with E-state index in [0.717, 1.165) is 24.3 Å². The van der Waals surface area contributed by atoms with E-state index in [1.165, 1.54) is 13.0 Å². The molecule has 0 heterocycles. The van der Waals surface area contributed by atoms with Crippen LogP contribution in [0.2, 0.25) is 0 Å². The van der Waals surface area contributed by atoms with Gasteiger partial charge in [0.15, 0.2) is 0 Å². The molecule has 0 atom stereocenters. The maximum atomic E-state index is 13.9. The third kappa shape index (κ3) is 3.90. The van der Waals surface area contributed by atoms with Crippen molar-refractivity contribution in [3.8, 4) is 0 Å². The van der Waals surface area contributed by atoms with Crippen LogP contribution in [0.25, 0.3) is 0 Å². The van der Waals surface area contributed by atoms with E-state index in [4.69, 9.17) is 0 Å². The molecule has 0 aliphatic carbocycles. The van der Waals surface area contributed by atoms with Crippen LogP contribution in [0.3, 0.4) is 0 Å². The van der Waals surface area contributed by atoms with Crippen molar-refractivity contribution in [1.82, 2.24) is 4.72 Å². The van der Waals surface area contributed by atoms with Crippen LogP contribution in [-0.2, 0) is 22.7 Å². The first kappa shape index (κ1) is 18.3. The van der Waals surface area contributed by atoms with Gasteiger partial charge in [0, 0.05) is 12.1 Å². The minimum absolute atomic E-state index is 0.244. The van der Waals surface area contributed by atoms with E-state index >= 15 is 0 Å². The highest BCUT2D eigenvalue weighted by atomic mass is 32.2. The van der Waals surface area contributed by atoms with Crippen LogP contribution >= 0.6 is 0 Å². The highest BCUT2D eigenvalue weighted by Gasteiger charge is 2.34. The molecule has 0 radical (unpaired) electrons. The van der Waals surface area contributed by atoms with Gasteiger partial charge < -0.3 is 0 Å². The lowest BCUT2D eigenvalue weighted by molar-refractivity contribution is -0.140. The van der Waals surface area contributed by atoms with Crippen LogP contribution in [0.15, 0.2) is 41.3 Å². The van der Waals surface area contributed by atoms with Crippen molar-refractivity contribution in [3.63, 3.8) is 0 Å². The number of hydrogen-bond acceptors (Lipinski definition) is 2. The van der Waals surface area contributed by atoms with E-state index in [9.17, 15) is 30.4 Å². The lowest BCUT2D eigenvalue weighted by atomic mass is 10.1. The second-order valence-corrected chi connectivity index (χ2v) is 6.75. The Kier molecular flexibility index (Phi) is 4.95. The molecule has 24 heavy (non-hydrogen) atoms. The fourth-order valence-electron chi connectivity index (χ4n) is 2.05. The number of sulfonamides is 1. The summed E-state index contributed by atoms with van der Waals surface area (Å²) in [5, 5.41) is 0. The van der Waals surface area contributed by atoms with Crippen LogP contribution < -0.4 is 4.72 Å². The number of alkyl halides is 3. The van der Waals surface area contributed by atoms with Gasteiger partial charge >= 0.3 is 6.18 Å². The van der Waals surface area contributed by atoms with Crippen LogP contribution in [0.4, 0.5) is 22.0 Å². The predicted octanol–water partition coefficient (Wildman–Crippen LogP) is 3.77. The highest BCUT2D eigenvalue weighted by molar-refractivity contribution is 7.89. The molecule has 2 rings (SSSR count). The maximum Gasteiger partial charge on any atom is 0.419 e. The molecular formula is C15H12F5NO2S. The van der Waals surface area contributed by atoms with Crippen LogP contribution in [0.1, 0.15) is 16.7 Å². The Balaban J connectivity index is 2.29. The number of nitrogens with one attached hydrogen (secondary N) is 1. The van der Waals surface area contributed by atoms with Gasteiger partial charge in [0.25, 0.3) is 0 Å². The van der Waals surface area contributed by atoms with Crippen molar-refractivity contribution < 1.29 is 30.4 Å². The van der Waals surface area contributed by atoms with Crippen molar-refractivity contribution in [2.75, 3.05) is 0 Å². The average Bonchev–Trinajstić information content (AvgIpc) is 2.47. The zero-order valence-electron chi connectivity index (χ0n) is 12.3. The smallest absolute Gasteiger partial charge is 0.207 e. The Labute approximate surface area is 135 Å². The average molecular weight is 365 g/mol. The summed E-state index contributed by atoms with van der Waals surface area (Å²) in [6, 6.07) is 5.66. The Bertz CT molecular complexity index is 863. The van der Waals surface area contributed by atoms with Gasteiger partial charge in [-0.1, -0.05) is 18.2 Å². The molecule has 0 unspecified atom stereocenters. The molecule has 0 amide bonds. The van der Waals surface area contributed by atoms with Crippen LogP contribution in [0.5, 0.6) is 0 Å². The van der Waals surface area contributed by atoms with Gasteiger partial charge in [0.05, 0.1) is 10.5 Å². The molecule has 0 bridgehead atoms. The molecule has 0 aliphatic rings. The monoisotopic (exact) mass is 365 g/mol. The summed E-state index contributed by atoms with van der Waals surface area (Å²) in [6.45, 7) is 0.729. The lowest BCUT2D eigenvalue weighted by Crippen LogP contribution is -2.25. The zero-order chi connectivity index (χ0) is 18.1. The summed E-state index contributed by atoms with van der Waals surface area (Å²) in [4.78, 5) is -0.366. The molecule has 0 spiro atoms. The predicted molar refractivity (Wildman–Crippen MR) is 76.6 cm³/mol. The summed E-state index contributed by atoms with van der Waals surface area (Å²) in [5.74, 6) is -2.34. The van der Waals surface area contributed by atoms with E-state index in [0.29, 0.717) is 6.07 Å². The van der Waals surface area contributed by atoms with Gasteiger partial charge in [-0.3, -0.25) is 0 Å². The molecule has 0 saturated heterocycles. The molecule has 2 aromatic carbocycles. The molecule has 0 saturated carbocycles. The number of halogens is 5. The molecule has 9 heteroatoms. The first-order valence-electron chi connectivity index (χ1n) is 6.63. The van der Waals surface area contributed by atoms with Gasteiger partial charge in [-0.2, -0.15) is 13.2 Å². The van der Waals surface area contributed by atoms with Crippen molar-refractivity contribution in [1.29, 1.82) is 0 Å². The molecular weight excluding hydrogens is 353 g/mol. The summed E-state index contributed by atoms with van der Waals surface area (Å²) in [5.41, 5.74) is -1.71. The minimum atomic E-state index is -4.89. The van der Waals surface area contributed by atoms with E-state index in [1.807, 2.05) is 4.72 Å². The molecule has 3 nitrogen and oxygen atoms in total. The molecule has 2 aromatic rings. The highest BCUT2D eigenvalue weighted by Crippen LogP contribution is 2.32. The topological polar surface area (TPSA) is 46.2 Å². The number of benzene rings is 2. The van der Waals surface area contributed by atoms with Gasteiger partial charge in [0.1, 0.15) is 11.6 Å². The second-order valence-electron chi connectivity index (χ2n) is 5.01. The Hall–Kier alpha value is -2.00. The summed E-state index contributed by atoms with van der Waals surface area (Å²) >= 11 is 0. The summed E-state index contributed by atoms with van der Waals surface area (Å²) in [7, 11) is -4.21. The minimum Gasteiger partial charge on any atom is -0.207 e. The Morgan fingerprint density at radius 3 is 2.38 bits per heavy atom. The van der Waals surface area contributed by atoms with E-state index < -0.39 is 45.5 Å². The normalized spacial score (nSPS) is 12.4. The third-order valence-electron chi connectivity index (χ3n) is 3.28. The second kappa shape index (κ2) is 6.48. The largest absolute Gasteiger partial charge is 0.419 e. The van der Waals surface area contributed by atoms with Crippen molar-refractivity contribution in [2.45, 2.75) is 24.5 Å². The van der Waals surface area contributed by atoms with E-state index in [2.05, 4.69) is 0 Å². The van der Waals surface area contributed by atoms with Gasteiger partial charge in [-0.05, 0) is 30.7 Å². The van der Waals surface area contributed by atoms with Gasteiger partial charge in [-0.25, -0.2) is 21.9 Å². The maximum absolute atomic E-state index is 13.9. The first-order valence-corrected chi connectivity index (χ1v) is 8.11. The molecule has 130 valence electrons. The number of rotatable bonds is 4. The van der Waals surface area contributed by atoms with Gasteiger partial charge in [-0.15, -0.1) is 0 Å². The number of hydrogen-bond donors (Lipinski definition) is 1. The first-order chi connectivity index (χ1) is 11.0. The summed E-state index contributed by atoms with van der Waals surface area (Å²) in [6.07, 6.45) is -4.89. The van der Waals surface area contributed by atoms with Gasteiger partial charge in [0.2, 0.25) is 10.0 Å². The Morgan fingerprint density at radius 1 is 1.08 bits per heavy atom. The SMILES string of the molecule is Cc1ccc(F)cc1S(=O)(=O)NCc1cccc(C(F)(F)F)c1F. The number of aryl methyl sites for hydroxylation is 1. The molecule has 0 aromatic heterocycles. The quantitative estimate of drug-likeness (QED) is 0.839. The summed E-state index contributed by atoms with van der Waals surface area (Å²) < 4.78 is 91.3. The standard InChI is InChI=1S/C15H12F5NO2S/c1-9-5-6-11(16)7-13(9)24(22,23)21-8-10-3-2-4-12(14(10)17)15(18,19)20/h2-7,21H,8H2,1H3. The van der Waals surface area contributed by atoms with Crippen molar-refractivity contribution in [3.05, 3.63) is 64.7 Å². The molecule has 0 aliphatic heterocycles. The molecule has 1 N–H and O–H groups in total.